The molecule has 0 heterocycles. The van der Waals surface area contributed by atoms with Crippen LogP contribution in [0.25, 0.3) is 0 Å². The summed E-state index contributed by atoms with van der Waals surface area (Å²) in [5.74, 6) is -0.121. The van der Waals surface area contributed by atoms with Crippen LogP contribution < -0.4 is 0 Å². The zero-order chi connectivity index (χ0) is 13.4. The Morgan fingerprint density at radius 2 is 1.11 bits per heavy atom. The number of halogens is 2. The molecule has 5 heteroatoms. The second-order valence-corrected chi connectivity index (χ2v) is 7.58. The lowest BCUT2D eigenvalue weighted by molar-refractivity contribution is -0.126. The van der Waals surface area contributed by atoms with E-state index in [2.05, 4.69) is 31.9 Å². The predicted molar refractivity (Wildman–Crippen MR) is 77.3 cm³/mol. The number of carbonyl (C=O) groups excluding carboxylic acids is 1. The summed E-state index contributed by atoms with van der Waals surface area (Å²) in [5.41, 5.74) is -1.86. The van der Waals surface area contributed by atoms with Gasteiger partial charge in [-0.1, -0.05) is 57.5 Å². The first-order valence-electron chi connectivity index (χ1n) is 6.66. The van der Waals surface area contributed by atoms with Gasteiger partial charge in [-0.15, -0.1) is 0 Å². The molecule has 18 heavy (non-hydrogen) atoms. The van der Waals surface area contributed by atoms with Gasteiger partial charge in [0.15, 0.2) is 5.78 Å². The van der Waals surface area contributed by atoms with E-state index in [1.807, 2.05) is 0 Å². The molecule has 3 nitrogen and oxygen atoms in total. The molecular formula is C13H20Br2O3. The van der Waals surface area contributed by atoms with Gasteiger partial charge in [0, 0.05) is 0 Å². The molecule has 0 radical (unpaired) electrons. The topological polar surface area (TPSA) is 57.5 Å². The molecular weight excluding hydrogens is 364 g/mol. The van der Waals surface area contributed by atoms with Crippen molar-refractivity contribution in [1.82, 2.24) is 0 Å². The van der Waals surface area contributed by atoms with Crippen LogP contribution in [0.3, 0.4) is 0 Å². The highest BCUT2D eigenvalue weighted by Gasteiger charge is 2.49. The van der Waals surface area contributed by atoms with Gasteiger partial charge in [0.1, 0.15) is 9.65 Å². The number of rotatable bonds is 4. The van der Waals surface area contributed by atoms with Gasteiger partial charge >= 0.3 is 0 Å². The van der Waals surface area contributed by atoms with Crippen LogP contribution in [-0.4, -0.2) is 36.9 Å². The van der Waals surface area contributed by atoms with E-state index in [4.69, 9.17) is 0 Å². The summed E-state index contributed by atoms with van der Waals surface area (Å²) in [6, 6.07) is 0. The van der Waals surface area contributed by atoms with Crippen LogP contribution in [-0.2, 0) is 4.79 Å². The summed E-state index contributed by atoms with van der Waals surface area (Å²) in [6.45, 7) is 0. The molecule has 0 aliphatic heterocycles. The molecule has 2 aliphatic rings. The van der Waals surface area contributed by atoms with Crippen molar-refractivity contribution < 1.29 is 15.0 Å². The molecule has 2 N–H and O–H groups in total. The fraction of sp³-hybridized carbons (Fsp3) is 0.923. The maximum atomic E-state index is 12.4. The van der Waals surface area contributed by atoms with Crippen LogP contribution in [0.5, 0.6) is 0 Å². The Labute approximate surface area is 125 Å². The molecule has 2 rings (SSSR count). The minimum Gasteiger partial charge on any atom is -0.388 e. The first-order chi connectivity index (χ1) is 8.39. The molecule has 0 aromatic rings. The Hall–Kier alpha value is 0.550. The summed E-state index contributed by atoms with van der Waals surface area (Å²) in [6.07, 6.45) is 6.48. The minimum absolute atomic E-state index is 0.121. The average molecular weight is 384 g/mol. The standard InChI is InChI=1S/C13H20Br2O3/c14-10(12(17)5-1-2-6-12)9(16)11(15)13(18)7-3-4-8-13/h10-11,17-18H,1-8H2. The Morgan fingerprint density at radius 3 is 1.39 bits per heavy atom. The fourth-order valence-corrected chi connectivity index (χ4v) is 4.94. The molecule has 2 aliphatic carbocycles. The van der Waals surface area contributed by atoms with E-state index in [-0.39, 0.29) is 5.78 Å². The Bertz CT molecular complexity index is 290. The average Bonchev–Trinajstić information content (AvgIpc) is 2.97. The van der Waals surface area contributed by atoms with Crippen LogP contribution in [0.2, 0.25) is 0 Å². The van der Waals surface area contributed by atoms with Crippen molar-refractivity contribution in [2.75, 3.05) is 0 Å². The number of hydrogen-bond acceptors (Lipinski definition) is 3. The van der Waals surface area contributed by atoms with E-state index in [1.165, 1.54) is 0 Å². The second-order valence-electron chi connectivity index (χ2n) is 5.75. The first kappa shape index (κ1) is 14.9. The first-order valence-corrected chi connectivity index (χ1v) is 8.49. The second kappa shape index (κ2) is 5.51. The van der Waals surface area contributed by atoms with Crippen molar-refractivity contribution in [2.45, 2.75) is 72.2 Å². The lowest BCUT2D eigenvalue weighted by atomic mass is 9.88. The van der Waals surface area contributed by atoms with Crippen molar-refractivity contribution in [3.05, 3.63) is 0 Å². The molecule has 0 spiro atoms. The normalized spacial score (nSPS) is 29.1. The summed E-state index contributed by atoms with van der Waals surface area (Å²) in [4.78, 5) is 11.2. The highest BCUT2D eigenvalue weighted by atomic mass is 79.9. The lowest BCUT2D eigenvalue weighted by Crippen LogP contribution is -2.50. The number of aliphatic hydroxyl groups is 2. The van der Waals surface area contributed by atoms with Crippen LogP contribution in [0.15, 0.2) is 0 Å². The summed E-state index contributed by atoms with van der Waals surface area (Å²) >= 11 is 6.71. The maximum Gasteiger partial charge on any atom is 0.165 e. The van der Waals surface area contributed by atoms with Crippen molar-refractivity contribution >= 4 is 37.6 Å². The van der Waals surface area contributed by atoms with E-state index < -0.39 is 20.9 Å². The number of ketones is 1. The third kappa shape index (κ3) is 2.69. The SMILES string of the molecule is O=C(C(Br)C1(O)CCCC1)C(Br)C1(O)CCCC1. The quantitative estimate of drug-likeness (QED) is 0.733. The molecule has 0 saturated heterocycles. The van der Waals surface area contributed by atoms with Crippen molar-refractivity contribution in [2.24, 2.45) is 0 Å². The van der Waals surface area contributed by atoms with Gasteiger partial charge in [-0.05, 0) is 25.7 Å². The lowest BCUT2D eigenvalue weighted by Gasteiger charge is -2.33. The van der Waals surface area contributed by atoms with Gasteiger partial charge in [-0.2, -0.15) is 0 Å². The van der Waals surface area contributed by atoms with Gasteiger partial charge in [0.2, 0.25) is 0 Å². The number of Topliss-reactive ketones (excluding diaryl/α,β-unsaturated/α-hetero) is 1. The third-order valence-corrected chi connectivity index (χ3v) is 6.99. The van der Waals surface area contributed by atoms with Gasteiger partial charge in [-0.25, -0.2) is 0 Å². The smallest absolute Gasteiger partial charge is 0.165 e. The van der Waals surface area contributed by atoms with Gasteiger partial charge in [0.25, 0.3) is 0 Å². The van der Waals surface area contributed by atoms with Gasteiger partial charge in [-0.3, -0.25) is 4.79 Å². The zero-order valence-electron chi connectivity index (χ0n) is 10.4. The Balaban J connectivity index is 2.06. The van der Waals surface area contributed by atoms with Gasteiger partial charge < -0.3 is 10.2 Å². The summed E-state index contributed by atoms with van der Waals surface area (Å²) in [7, 11) is 0. The summed E-state index contributed by atoms with van der Waals surface area (Å²) < 4.78 is 0. The molecule has 0 amide bonds. The molecule has 2 fully saturated rings. The number of carbonyl (C=O) groups is 1. The van der Waals surface area contributed by atoms with E-state index in [0.717, 1.165) is 25.7 Å². The van der Waals surface area contributed by atoms with Crippen molar-refractivity contribution in [3.8, 4) is 0 Å². The molecule has 2 atom stereocenters. The Morgan fingerprint density at radius 1 is 0.833 bits per heavy atom. The van der Waals surface area contributed by atoms with E-state index >= 15 is 0 Å². The van der Waals surface area contributed by atoms with Crippen LogP contribution in [0.4, 0.5) is 0 Å². The zero-order valence-corrected chi connectivity index (χ0v) is 13.5. The minimum atomic E-state index is -0.932. The molecule has 0 bridgehead atoms. The summed E-state index contributed by atoms with van der Waals surface area (Å²) in [5, 5.41) is 20.9. The van der Waals surface area contributed by atoms with Crippen molar-refractivity contribution in [1.29, 1.82) is 0 Å². The fourth-order valence-electron chi connectivity index (χ4n) is 3.14. The number of hydrogen-bond donors (Lipinski definition) is 2. The maximum absolute atomic E-state index is 12.4. The molecule has 0 aromatic heterocycles. The molecule has 104 valence electrons. The van der Waals surface area contributed by atoms with E-state index in [0.29, 0.717) is 25.7 Å². The third-order valence-electron chi connectivity index (χ3n) is 4.38. The predicted octanol–water partition coefficient (Wildman–Crippen LogP) is 2.69. The Kier molecular flexibility index (Phi) is 4.57. The largest absolute Gasteiger partial charge is 0.388 e. The van der Waals surface area contributed by atoms with Crippen molar-refractivity contribution in [3.63, 3.8) is 0 Å². The molecule has 2 saturated carbocycles. The van der Waals surface area contributed by atoms with Crippen LogP contribution in [0, 0.1) is 0 Å². The van der Waals surface area contributed by atoms with Gasteiger partial charge in [0.05, 0.1) is 11.2 Å². The highest BCUT2D eigenvalue weighted by molar-refractivity contribution is 9.10. The number of alkyl halides is 2. The molecule has 2 unspecified atom stereocenters. The van der Waals surface area contributed by atoms with E-state index in [9.17, 15) is 15.0 Å². The van der Waals surface area contributed by atoms with E-state index in [1.54, 1.807) is 0 Å². The monoisotopic (exact) mass is 382 g/mol. The van der Waals surface area contributed by atoms with Crippen LogP contribution >= 0.6 is 31.9 Å². The highest BCUT2D eigenvalue weighted by Crippen LogP contribution is 2.41. The van der Waals surface area contributed by atoms with Crippen LogP contribution in [0.1, 0.15) is 51.4 Å². The molecule has 0 aromatic carbocycles.